The van der Waals surface area contributed by atoms with Crippen molar-refractivity contribution in [2.75, 3.05) is 0 Å². The topological polar surface area (TPSA) is 38.0 Å². The highest BCUT2D eigenvalue weighted by Gasteiger charge is 2.20. The highest BCUT2D eigenvalue weighted by atomic mass is 15.2. The molecule has 3 N–H and O–H groups in total. The summed E-state index contributed by atoms with van der Waals surface area (Å²) in [5, 5.41) is 0. The lowest BCUT2D eigenvalue weighted by Gasteiger charge is -2.27. The molecule has 1 aliphatic carbocycles. The Morgan fingerprint density at radius 2 is 1.85 bits per heavy atom. The Kier molecular flexibility index (Phi) is 4.14. The van der Waals surface area contributed by atoms with Gasteiger partial charge < -0.3 is 0 Å². The van der Waals surface area contributed by atoms with Crippen LogP contribution in [0, 0.1) is 0 Å². The molecular weight excluding hydrogens is 244 g/mol. The van der Waals surface area contributed by atoms with Crippen LogP contribution >= 0.6 is 0 Å². The Morgan fingerprint density at radius 3 is 2.50 bits per heavy atom. The molecule has 1 unspecified atom stereocenters. The third-order valence-electron chi connectivity index (χ3n) is 4.37. The van der Waals surface area contributed by atoms with Gasteiger partial charge in [-0.3, -0.25) is 11.3 Å². The van der Waals surface area contributed by atoms with Gasteiger partial charge in [-0.15, -0.1) is 0 Å². The quantitative estimate of drug-likeness (QED) is 0.639. The molecule has 0 heterocycles. The summed E-state index contributed by atoms with van der Waals surface area (Å²) in [5.74, 6) is 6.54. The Bertz CT molecular complexity index is 546. The van der Waals surface area contributed by atoms with Crippen molar-refractivity contribution >= 4 is 0 Å². The Hall–Kier alpha value is -1.64. The first-order valence-corrected chi connectivity index (χ1v) is 7.47. The molecule has 0 bridgehead atoms. The zero-order valence-electron chi connectivity index (χ0n) is 11.8. The maximum absolute atomic E-state index is 5.78. The molecule has 1 saturated carbocycles. The van der Waals surface area contributed by atoms with Gasteiger partial charge in [0, 0.05) is 6.04 Å². The summed E-state index contributed by atoms with van der Waals surface area (Å²) in [5.41, 5.74) is 7.05. The van der Waals surface area contributed by atoms with Crippen molar-refractivity contribution < 1.29 is 0 Å². The van der Waals surface area contributed by atoms with E-state index in [1.54, 1.807) is 0 Å². The molecule has 0 aliphatic heterocycles. The summed E-state index contributed by atoms with van der Waals surface area (Å²) >= 11 is 0. The minimum absolute atomic E-state index is 0.178. The standard InChI is InChI=1S/C18H22N2/c19-20-18(12-14-6-2-1-3-7-14)17-11-5-10-16(13-17)15-8-4-9-15/h1-3,5-7,10-11,13,15,18,20H,4,8-9,12,19H2. The second-order valence-corrected chi connectivity index (χ2v) is 5.71. The number of hydrogen-bond acceptors (Lipinski definition) is 2. The summed E-state index contributed by atoms with van der Waals surface area (Å²) in [6, 6.07) is 19.6. The number of benzene rings is 2. The largest absolute Gasteiger partial charge is 0.271 e. The van der Waals surface area contributed by atoms with Crippen molar-refractivity contribution in [3.05, 3.63) is 71.3 Å². The maximum Gasteiger partial charge on any atom is 0.0500 e. The van der Waals surface area contributed by atoms with Gasteiger partial charge in [0.05, 0.1) is 0 Å². The van der Waals surface area contributed by atoms with Gasteiger partial charge in [-0.05, 0) is 41.9 Å². The van der Waals surface area contributed by atoms with E-state index in [1.807, 2.05) is 6.07 Å². The van der Waals surface area contributed by atoms with Crippen molar-refractivity contribution in [1.82, 2.24) is 5.43 Å². The van der Waals surface area contributed by atoms with Gasteiger partial charge in [0.15, 0.2) is 0 Å². The molecule has 0 saturated heterocycles. The lowest BCUT2D eigenvalue weighted by Crippen LogP contribution is -2.29. The van der Waals surface area contributed by atoms with Crippen LogP contribution in [0.5, 0.6) is 0 Å². The van der Waals surface area contributed by atoms with Crippen LogP contribution in [0.3, 0.4) is 0 Å². The van der Waals surface area contributed by atoms with Crippen LogP contribution < -0.4 is 11.3 Å². The van der Waals surface area contributed by atoms with Gasteiger partial charge in [0.1, 0.15) is 0 Å². The lowest BCUT2D eigenvalue weighted by atomic mass is 9.79. The number of hydrazine groups is 1. The van der Waals surface area contributed by atoms with E-state index in [2.05, 4.69) is 54.0 Å². The van der Waals surface area contributed by atoms with Gasteiger partial charge >= 0.3 is 0 Å². The monoisotopic (exact) mass is 266 g/mol. The van der Waals surface area contributed by atoms with E-state index < -0.39 is 0 Å². The van der Waals surface area contributed by atoms with E-state index >= 15 is 0 Å². The van der Waals surface area contributed by atoms with Gasteiger partial charge in [-0.2, -0.15) is 0 Å². The number of rotatable bonds is 5. The lowest BCUT2D eigenvalue weighted by molar-refractivity contribution is 0.419. The normalized spacial score (nSPS) is 16.6. The second-order valence-electron chi connectivity index (χ2n) is 5.71. The Labute approximate surface area is 121 Å². The fraction of sp³-hybridized carbons (Fsp3) is 0.333. The summed E-state index contributed by atoms with van der Waals surface area (Å²) in [6.45, 7) is 0. The maximum atomic E-state index is 5.78. The van der Waals surface area contributed by atoms with E-state index in [4.69, 9.17) is 5.84 Å². The minimum Gasteiger partial charge on any atom is -0.271 e. The smallest absolute Gasteiger partial charge is 0.0500 e. The van der Waals surface area contributed by atoms with Gasteiger partial charge in [0.2, 0.25) is 0 Å². The fourth-order valence-corrected chi connectivity index (χ4v) is 2.89. The fourth-order valence-electron chi connectivity index (χ4n) is 2.89. The SMILES string of the molecule is NNC(Cc1ccccc1)c1cccc(C2CCC2)c1. The first kappa shape index (κ1) is 13.3. The molecule has 1 atom stereocenters. The molecule has 2 nitrogen and oxygen atoms in total. The highest BCUT2D eigenvalue weighted by molar-refractivity contribution is 5.31. The van der Waals surface area contributed by atoms with Gasteiger partial charge in [-0.1, -0.05) is 61.0 Å². The molecule has 1 fully saturated rings. The van der Waals surface area contributed by atoms with Crippen molar-refractivity contribution in [2.24, 2.45) is 5.84 Å². The highest BCUT2D eigenvalue weighted by Crippen LogP contribution is 2.37. The molecular formula is C18H22N2. The van der Waals surface area contributed by atoms with Crippen molar-refractivity contribution in [1.29, 1.82) is 0 Å². The molecule has 2 heteroatoms. The van der Waals surface area contributed by atoms with E-state index in [0.717, 1.165) is 12.3 Å². The predicted octanol–water partition coefficient (Wildman–Crippen LogP) is 3.70. The zero-order chi connectivity index (χ0) is 13.8. The molecule has 20 heavy (non-hydrogen) atoms. The van der Waals surface area contributed by atoms with Gasteiger partial charge in [-0.25, -0.2) is 0 Å². The predicted molar refractivity (Wildman–Crippen MR) is 83.2 cm³/mol. The Morgan fingerprint density at radius 1 is 1.05 bits per heavy atom. The van der Waals surface area contributed by atoms with Crippen LogP contribution in [0.1, 0.15) is 47.9 Å². The van der Waals surface area contributed by atoms with Crippen molar-refractivity contribution in [3.63, 3.8) is 0 Å². The molecule has 2 aromatic carbocycles. The van der Waals surface area contributed by atoms with Crippen LogP contribution in [0.4, 0.5) is 0 Å². The summed E-state index contributed by atoms with van der Waals surface area (Å²) in [4.78, 5) is 0. The molecule has 1 aliphatic rings. The first-order valence-electron chi connectivity index (χ1n) is 7.47. The van der Waals surface area contributed by atoms with Crippen molar-refractivity contribution in [3.8, 4) is 0 Å². The number of nitrogens with one attached hydrogen (secondary N) is 1. The van der Waals surface area contributed by atoms with E-state index in [1.165, 1.54) is 36.0 Å². The average Bonchev–Trinajstić information content (AvgIpc) is 2.44. The number of hydrogen-bond donors (Lipinski definition) is 2. The average molecular weight is 266 g/mol. The summed E-state index contributed by atoms with van der Waals surface area (Å²) < 4.78 is 0. The van der Waals surface area contributed by atoms with Crippen LogP contribution in [0.25, 0.3) is 0 Å². The molecule has 0 spiro atoms. The zero-order valence-corrected chi connectivity index (χ0v) is 11.8. The van der Waals surface area contributed by atoms with Crippen LogP contribution in [0.15, 0.2) is 54.6 Å². The van der Waals surface area contributed by atoms with E-state index in [0.29, 0.717) is 0 Å². The molecule has 104 valence electrons. The molecule has 3 rings (SSSR count). The first-order chi connectivity index (χ1) is 9.86. The second kappa shape index (κ2) is 6.21. The van der Waals surface area contributed by atoms with E-state index in [-0.39, 0.29) is 6.04 Å². The molecule has 0 radical (unpaired) electrons. The Balaban J connectivity index is 1.78. The molecule has 0 amide bonds. The van der Waals surface area contributed by atoms with Gasteiger partial charge in [0.25, 0.3) is 0 Å². The van der Waals surface area contributed by atoms with Crippen LogP contribution in [-0.4, -0.2) is 0 Å². The van der Waals surface area contributed by atoms with Crippen molar-refractivity contribution in [2.45, 2.75) is 37.6 Å². The van der Waals surface area contributed by atoms with E-state index in [9.17, 15) is 0 Å². The summed E-state index contributed by atoms with van der Waals surface area (Å²) in [7, 11) is 0. The molecule has 0 aromatic heterocycles. The number of nitrogens with two attached hydrogens (primary N) is 1. The third-order valence-corrected chi connectivity index (χ3v) is 4.37. The third kappa shape index (κ3) is 2.92. The van der Waals surface area contributed by atoms with Crippen LogP contribution in [0.2, 0.25) is 0 Å². The van der Waals surface area contributed by atoms with Crippen LogP contribution in [-0.2, 0) is 6.42 Å². The minimum atomic E-state index is 0.178. The molecule has 2 aromatic rings. The summed E-state index contributed by atoms with van der Waals surface area (Å²) in [6.07, 6.45) is 4.97.